The Hall–Kier alpha value is -1.67. The van der Waals surface area contributed by atoms with Gasteiger partial charge >= 0.3 is 0 Å². The number of aryl methyl sites for hydroxylation is 3. The fraction of sp³-hybridized carbons (Fsp3) is 0.273. The van der Waals surface area contributed by atoms with E-state index in [1.807, 2.05) is 13.0 Å². The van der Waals surface area contributed by atoms with Crippen LogP contribution in [0.5, 0.6) is 0 Å². The topological polar surface area (TPSA) is 98.0 Å². The number of nitrogens with one attached hydrogen (secondary N) is 1. The van der Waals surface area contributed by atoms with Crippen molar-refractivity contribution in [2.45, 2.75) is 25.0 Å². The summed E-state index contributed by atoms with van der Waals surface area (Å²) in [5.74, 6) is 0.295. The summed E-state index contributed by atoms with van der Waals surface area (Å²) in [5.41, 5.74) is 7.59. The molecule has 19 heavy (non-hydrogen) atoms. The van der Waals surface area contributed by atoms with Crippen molar-refractivity contribution in [1.82, 2.24) is 9.97 Å². The highest BCUT2D eigenvalue weighted by Gasteiger charge is 2.21. The van der Waals surface area contributed by atoms with Crippen molar-refractivity contribution in [3.05, 3.63) is 29.1 Å². The molecule has 0 fully saturated rings. The van der Waals surface area contributed by atoms with E-state index < -0.39 is 10.0 Å². The largest absolute Gasteiger partial charge is 0.375 e. The summed E-state index contributed by atoms with van der Waals surface area (Å²) in [7, 11) is -3.69. The Morgan fingerprint density at radius 3 is 2.42 bits per heavy atom. The molecule has 0 amide bonds. The van der Waals surface area contributed by atoms with Crippen LogP contribution in [0, 0.1) is 20.8 Å². The smallest absolute Gasteiger partial charge is 0.274 e. The maximum absolute atomic E-state index is 12.2. The summed E-state index contributed by atoms with van der Waals surface area (Å²) in [5, 5.41) is 0.228. The molecule has 0 unspecified atom stereocenters. The van der Waals surface area contributed by atoms with Gasteiger partial charge in [0.05, 0.1) is 5.69 Å². The van der Waals surface area contributed by atoms with Gasteiger partial charge in [0.15, 0.2) is 9.34 Å². The van der Waals surface area contributed by atoms with Gasteiger partial charge in [-0.25, -0.2) is 18.4 Å². The highest BCUT2D eigenvalue weighted by atomic mass is 32.2. The first-order valence-electron chi connectivity index (χ1n) is 5.49. The lowest BCUT2D eigenvalue weighted by Gasteiger charge is -2.07. The minimum Gasteiger partial charge on any atom is -0.375 e. The summed E-state index contributed by atoms with van der Waals surface area (Å²) >= 11 is 0.937. The van der Waals surface area contributed by atoms with Crippen molar-refractivity contribution in [1.29, 1.82) is 0 Å². The van der Waals surface area contributed by atoms with Gasteiger partial charge < -0.3 is 5.73 Å². The predicted molar refractivity (Wildman–Crippen MR) is 75.8 cm³/mol. The number of nitrogens with zero attached hydrogens (tertiary/aromatic N) is 2. The van der Waals surface area contributed by atoms with Crippen molar-refractivity contribution in [2.24, 2.45) is 0 Å². The fourth-order valence-electron chi connectivity index (χ4n) is 1.73. The van der Waals surface area contributed by atoms with Crippen LogP contribution >= 0.6 is 11.3 Å². The maximum atomic E-state index is 12.2. The summed E-state index contributed by atoms with van der Waals surface area (Å²) in [4.78, 5) is 8.05. The Labute approximate surface area is 115 Å². The third-order valence-corrected chi connectivity index (χ3v) is 5.30. The Kier molecular flexibility index (Phi) is 3.46. The first kappa shape index (κ1) is 13.8. The SMILES string of the molecule is Cc1cc(C)nc(NS(=O)(=O)c2sc(N)nc2C)c1. The van der Waals surface area contributed by atoms with Gasteiger partial charge in [-0.3, -0.25) is 4.72 Å². The summed E-state index contributed by atoms with van der Waals surface area (Å²) in [6.45, 7) is 5.29. The molecule has 0 aromatic carbocycles. The number of rotatable bonds is 3. The van der Waals surface area contributed by atoms with Crippen LogP contribution in [0.2, 0.25) is 0 Å². The molecular weight excluding hydrogens is 284 g/mol. The molecule has 0 atom stereocenters. The molecule has 0 saturated carbocycles. The predicted octanol–water partition coefficient (Wildman–Crippen LogP) is 1.85. The standard InChI is InChI=1S/C11H14N4O2S2/c1-6-4-7(2)13-9(5-6)15-19(16,17)10-8(3)14-11(12)18-10/h4-5H,1-3H3,(H2,12,14)(H,13,15). The lowest BCUT2D eigenvalue weighted by Crippen LogP contribution is -2.14. The van der Waals surface area contributed by atoms with E-state index in [9.17, 15) is 8.42 Å². The van der Waals surface area contributed by atoms with Crippen molar-refractivity contribution in [3.63, 3.8) is 0 Å². The number of pyridine rings is 1. The van der Waals surface area contributed by atoms with Crippen LogP contribution in [0.15, 0.2) is 16.3 Å². The number of sulfonamides is 1. The highest BCUT2D eigenvalue weighted by Crippen LogP contribution is 2.26. The van der Waals surface area contributed by atoms with Crippen LogP contribution < -0.4 is 10.5 Å². The molecule has 0 aliphatic heterocycles. The summed E-state index contributed by atoms with van der Waals surface area (Å²) in [6.07, 6.45) is 0. The number of aromatic nitrogens is 2. The van der Waals surface area contributed by atoms with Crippen LogP contribution in [0.4, 0.5) is 10.9 Å². The fourth-order valence-corrected chi connectivity index (χ4v) is 4.02. The molecule has 2 heterocycles. The zero-order valence-corrected chi connectivity index (χ0v) is 12.4. The zero-order chi connectivity index (χ0) is 14.2. The third kappa shape index (κ3) is 3.02. The van der Waals surface area contributed by atoms with E-state index in [1.54, 1.807) is 19.9 Å². The van der Waals surface area contributed by atoms with Crippen LogP contribution in [0.25, 0.3) is 0 Å². The van der Waals surface area contributed by atoms with E-state index in [0.29, 0.717) is 11.5 Å². The van der Waals surface area contributed by atoms with Gasteiger partial charge in [0.25, 0.3) is 10.0 Å². The minimum atomic E-state index is -3.69. The Bertz CT molecular complexity index is 702. The van der Waals surface area contributed by atoms with E-state index in [4.69, 9.17) is 5.73 Å². The van der Waals surface area contributed by atoms with Crippen LogP contribution in [-0.2, 0) is 10.0 Å². The number of thiazole rings is 1. The maximum Gasteiger partial charge on any atom is 0.274 e. The van der Waals surface area contributed by atoms with Gasteiger partial charge in [0, 0.05) is 5.69 Å². The van der Waals surface area contributed by atoms with Gasteiger partial charge in [-0.05, 0) is 38.5 Å². The third-order valence-electron chi connectivity index (χ3n) is 2.35. The highest BCUT2D eigenvalue weighted by molar-refractivity contribution is 7.94. The van der Waals surface area contributed by atoms with Crippen LogP contribution in [0.1, 0.15) is 17.0 Å². The molecule has 6 nitrogen and oxygen atoms in total. The first-order valence-corrected chi connectivity index (χ1v) is 7.79. The summed E-state index contributed by atoms with van der Waals surface area (Å²) < 4.78 is 27.0. The van der Waals surface area contributed by atoms with Crippen molar-refractivity contribution in [3.8, 4) is 0 Å². The average molecular weight is 298 g/mol. The van der Waals surface area contributed by atoms with Gasteiger partial charge in [0.2, 0.25) is 0 Å². The van der Waals surface area contributed by atoms with Gasteiger partial charge in [-0.1, -0.05) is 11.3 Å². The second kappa shape index (κ2) is 4.78. The molecule has 0 aliphatic rings. The molecule has 0 radical (unpaired) electrons. The quantitative estimate of drug-likeness (QED) is 0.901. The molecule has 2 rings (SSSR count). The average Bonchev–Trinajstić information content (AvgIpc) is 2.56. The van der Waals surface area contributed by atoms with Crippen molar-refractivity contribution < 1.29 is 8.42 Å². The normalized spacial score (nSPS) is 11.5. The van der Waals surface area contributed by atoms with Gasteiger partial charge in [-0.2, -0.15) is 0 Å². The Balaban J connectivity index is 2.39. The summed E-state index contributed by atoms with van der Waals surface area (Å²) in [6, 6.07) is 3.54. The number of nitrogen functional groups attached to an aromatic ring is 1. The molecule has 0 aliphatic carbocycles. The lowest BCUT2D eigenvalue weighted by molar-refractivity contribution is 0.602. The number of nitrogens with two attached hydrogens (primary N) is 1. The number of hydrogen-bond donors (Lipinski definition) is 2. The molecule has 3 N–H and O–H groups in total. The minimum absolute atomic E-state index is 0.117. The van der Waals surface area contributed by atoms with Gasteiger partial charge in [-0.15, -0.1) is 0 Å². The number of anilines is 2. The molecule has 0 spiro atoms. The Morgan fingerprint density at radius 1 is 1.21 bits per heavy atom. The molecule has 0 saturated heterocycles. The van der Waals surface area contributed by atoms with Crippen LogP contribution in [0.3, 0.4) is 0 Å². The number of hydrogen-bond acceptors (Lipinski definition) is 6. The zero-order valence-electron chi connectivity index (χ0n) is 10.8. The van der Waals surface area contributed by atoms with E-state index in [2.05, 4.69) is 14.7 Å². The van der Waals surface area contributed by atoms with Crippen molar-refractivity contribution in [2.75, 3.05) is 10.5 Å². The van der Waals surface area contributed by atoms with Crippen molar-refractivity contribution >= 4 is 32.3 Å². The molecule has 2 aromatic rings. The first-order chi connectivity index (χ1) is 8.78. The van der Waals surface area contributed by atoms with E-state index in [1.165, 1.54) is 0 Å². The molecule has 0 bridgehead atoms. The second-order valence-corrected chi connectivity index (χ2v) is 7.11. The molecule has 102 valence electrons. The molecule has 8 heteroatoms. The molecular formula is C11H14N4O2S2. The second-order valence-electron chi connectivity index (χ2n) is 4.20. The van der Waals surface area contributed by atoms with Crippen LogP contribution in [-0.4, -0.2) is 18.4 Å². The lowest BCUT2D eigenvalue weighted by atomic mass is 10.2. The monoisotopic (exact) mass is 298 g/mol. The Morgan fingerprint density at radius 2 is 1.89 bits per heavy atom. The van der Waals surface area contributed by atoms with Gasteiger partial charge in [0.1, 0.15) is 5.82 Å². The van der Waals surface area contributed by atoms with E-state index >= 15 is 0 Å². The van der Waals surface area contributed by atoms with E-state index in [-0.39, 0.29) is 9.34 Å². The van der Waals surface area contributed by atoms with E-state index in [0.717, 1.165) is 22.6 Å². The molecule has 2 aromatic heterocycles.